The lowest BCUT2D eigenvalue weighted by Gasteiger charge is -2.45. The van der Waals surface area contributed by atoms with E-state index in [1.54, 1.807) is 0 Å². The molecule has 0 unspecified atom stereocenters. The Kier molecular flexibility index (Phi) is 7.00. The molecule has 2 aromatic carbocycles. The van der Waals surface area contributed by atoms with Crippen LogP contribution in [0.3, 0.4) is 0 Å². The summed E-state index contributed by atoms with van der Waals surface area (Å²) in [5.41, 5.74) is 4.96. The summed E-state index contributed by atoms with van der Waals surface area (Å²) in [6.45, 7) is 21.1. The highest BCUT2D eigenvalue weighted by molar-refractivity contribution is 7.65. The van der Waals surface area contributed by atoms with Crippen molar-refractivity contribution in [2.24, 2.45) is 0 Å². The Morgan fingerprint density at radius 1 is 0.679 bits per heavy atom. The molecule has 2 aromatic rings. The van der Waals surface area contributed by atoms with Crippen LogP contribution in [0.25, 0.3) is 5.57 Å². The maximum Gasteiger partial charge on any atom is 0.242 e. The van der Waals surface area contributed by atoms with E-state index in [0.29, 0.717) is 0 Å². The van der Waals surface area contributed by atoms with E-state index < -0.39 is 16.2 Å². The van der Waals surface area contributed by atoms with Crippen LogP contribution < -0.4 is 0 Å². The third kappa shape index (κ3) is 6.06. The van der Waals surface area contributed by atoms with E-state index in [0.717, 1.165) is 0 Å². The Bertz CT molecular complexity index is 735. The molecule has 0 aliphatic heterocycles. The average Bonchev–Trinajstić information content (AvgIpc) is 2.53. The molecule has 0 bridgehead atoms. The maximum atomic E-state index is 6.97. The van der Waals surface area contributed by atoms with Gasteiger partial charge < -0.3 is 4.43 Å². The summed E-state index contributed by atoms with van der Waals surface area (Å²) in [6, 6.07) is 21.5. The summed E-state index contributed by atoms with van der Waals surface area (Å²) < 4.78 is 6.97. The lowest BCUT2D eigenvalue weighted by molar-refractivity contribution is 0.455. The van der Waals surface area contributed by atoms with Crippen LogP contribution in [-0.4, -0.2) is 18.6 Å². The normalized spacial score (nSPS) is 12.8. The summed E-state index contributed by atoms with van der Waals surface area (Å²) >= 11 is 0. The number of benzene rings is 2. The number of hydrogen-bond donors (Lipinski definition) is 0. The second-order valence-corrected chi connectivity index (χ2v) is 18.5. The molecule has 0 radical (unpaired) electrons. The first-order chi connectivity index (χ1) is 12.8. The number of rotatable bonds is 5. The fourth-order valence-corrected chi connectivity index (χ4v) is 9.32. The SMILES string of the molecule is CC(C)(C)P(C(O[Si](C)(C)C)=C(c1ccccc1)c1ccccc1)C(C)(C)C. The van der Waals surface area contributed by atoms with Gasteiger partial charge in [0.15, 0.2) is 0 Å². The molecule has 0 heterocycles. The highest BCUT2D eigenvalue weighted by atomic mass is 31.1. The van der Waals surface area contributed by atoms with E-state index in [2.05, 4.69) is 122 Å². The van der Waals surface area contributed by atoms with E-state index >= 15 is 0 Å². The lowest BCUT2D eigenvalue weighted by atomic mass is 9.99. The molecule has 3 heteroatoms. The van der Waals surface area contributed by atoms with Gasteiger partial charge in [0.1, 0.15) is 5.50 Å². The van der Waals surface area contributed by atoms with E-state index in [4.69, 9.17) is 4.43 Å². The Labute approximate surface area is 175 Å². The quantitative estimate of drug-likeness (QED) is 0.272. The second kappa shape index (κ2) is 8.55. The van der Waals surface area contributed by atoms with Gasteiger partial charge >= 0.3 is 0 Å². The summed E-state index contributed by atoms with van der Waals surface area (Å²) in [4.78, 5) is 0. The highest BCUT2D eigenvalue weighted by Crippen LogP contribution is 2.67. The fourth-order valence-electron chi connectivity index (χ4n) is 3.74. The molecule has 0 aliphatic carbocycles. The minimum atomic E-state index is -1.81. The summed E-state index contributed by atoms with van der Waals surface area (Å²) in [5, 5.41) is 0.273. The zero-order chi connectivity index (χ0) is 21.2. The molecule has 0 aliphatic rings. The van der Waals surface area contributed by atoms with Crippen molar-refractivity contribution >= 4 is 21.8 Å². The maximum absolute atomic E-state index is 6.97. The third-order valence-electron chi connectivity index (χ3n) is 4.29. The predicted molar refractivity (Wildman–Crippen MR) is 130 cm³/mol. The molecule has 2 rings (SSSR count). The zero-order valence-corrected chi connectivity index (χ0v) is 21.0. The van der Waals surface area contributed by atoms with Gasteiger partial charge in [0.2, 0.25) is 8.32 Å². The molecule has 0 N–H and O–H groups in total. The van der Waals surface area contributed by atoms with Gasteiger partial charge in [0, 0.05) is 5.57 Å². The van der Waals surface area contributed by atoms with Gasteiger partial charge in [-0.2, -0.15) is 0 Å². The largest absolute Gasteiger partial charge is 0.544 e. The minimum absolute atomic E-state index is 0.136. The van der Waals surface area contributed by atoms with Crippen molar-refractivity contribution in [3.63, 3.8) is 0 Å². The van der Waals surface area contributed by atoms with Crippen molar-refractivity contribution in [1.29, 1.82) is 0 Å². The fraction of sp³-hybridized carbons (Fsp3) is 0.440. The molecule has 0 fully saturated rings. The van der Waals surface area contributed by atoms with E-state index in [1.807, 2.05) is 0 Å². The standard InChI is InChI=1S/C25H37OPSi/c1-24(2,3)27(25(4,5)6)23(26-28(7,8)9)22(20-16-12-10-13-17-20)21-18-14-11-15-19-21/h10-19H,1-9H3. The molecular formula is C25H37OPSi. The molecule has 1 nitrogen and oxygen atoms in total. The lowest BCUT2D eigenvalue weighted by Crippen LogP contribution is -2.32. The van der Waals surface area contributed by atoms with E-state index in [9.17, 15) is 0 Å². The molecular weight excluding hydrogens is 375 g/mol. The predicted octanol–water partition coefficient (Wildman–Crippen LogP) is 8.33. The van der Waals surface area contributed by atoms with Crippen LogP contribution in [0.15, 0.2) is 66.2 Å². The van der Waals surface area contributed by atoms with Crippen LogP contribution in [0.5, 0.6) is 0 Å². The van der Waals surface area contributed by atoms with Gasteiger partial charge in [-0.15, -0.1) is 0 Å². The van der Waals surface area contributed by atoms with Gasteiger partial charge in [-0.25, -0.2) is 0 Å². The van der Waals surface area contributed by atoms with Crippen molar-refractivity contribution in [3.8, 4) is 0 Å². The van der Waals surface area contributed by atoms with E-state index in [1.165, 1.54) is 22.2 Å². The summed E-state index contributed by atoms with van der Waals surface area (Å²) in [6.07, 6.45) is 0. The smallest absolute Gasteiger partial charge is 0.242 e. The molecule has 0 atom stereocenters. The van der Waals surface area contributed by atoms with Crippen LogP contribution in [-0.2, 0) is 4.43 Å². The van der Waals surface area contributed by atoms with Crippen LogP contribution in [0.2, 0.25) is 19.6 Å². The van der Waals surface area contributed by atoms with Crippen molar-refractivity contribution in [2.75, 3.05) is 0 Å². The van der Waals surface area contributed by atoms with Crippen molar-refractivity contribution in [3.05, 3.63) is 77.3 Å². The van der Waals surface area contributed by atoms with Crippen LogP contribution in [0.4, 0.5) is 0 Å². The molecule has 0 spiro atoms. The minimum Gasteiger partial charge on any atom is -0.544 e. The van der Waals surface area contributed by atoms with Crippen molar-refractivity contribution in [2.45, 2.75) is 71.5 Å². The summed E-state index contributed by atoms with van der Waals surface area (Å²) in [7, 11) is -2.38. The van der Waals surface area contributed by atoms with Crippen LogP contribution >= 0.6 is 7.92 Å². The molecule has 0 saturated heterocycles. The molecule has 0 saturated carbocycles. The Balaban J connectivity index is 2.92. The Morgan fingerprint density at radius 2 is 1.04 bits per heavy atom. The Morgan fingerprint density at radius 3 is 1.32 bits per heavy atom. The van der Waals surface area contributed by atoms with Crippen LogP contribution in [0, 0.1) is 0 Å². The third-order valence-corrected chi connectivity index (χ3v) is 8.68. The zero-order valence-electron chi connectivity index (χ0n) is 19.1. The monoisotopic (exact) mass is 412 g/mol. The van der Waals surface area contributed by atoms with Crippen molar-refractivity contribution in [1.82, 2.24) is 0 Å². The highest BCUT2D eigenvalue weighted by Gasteiger charge is 2.41. The van der Waals surface area contributed by atoms with Gasteiger partial charge in [-0.05, 0) is 49.0 Å². The van der Waals surface area contributed by atoms with E-state index in [-0.39, 0.29) is 10.3 Å². The topological polar surface area (TPSA) is 9.23 Å². The first-order valence-electron chi connectivity index (χ1n) is 10.2. The van der Waals surface area contributed by atoms with Gasteiger partial charge in [-0.3, -0.25) is 0 Å². The molecule has 28 heavy (non-hydrogen) atoms. The first-order valence-corrected chi connectivity index (χ1v) is 14.9. The summed E-state index contributed by atoms with van der Waals surface area (Å²) in [5.74, 6) is 0. The molecule has 152 valence electrons. The number of hydrogen-bond acceptors (Lipinski definition) is 1. The van der Waals surface area contributed by atoms with Gasteiger partial charge in [0.25, 0.3) is 0 Å². The van der Waals surface area contributed by atoms with Gasteiger partial charge in [-0.1, -0.05) is 102 Å². The van der Waals surface area contributed by atoms with Gasteiger partial charge in [0.05, 0.1) is 0 Å². The van der Waals surface area contributed by atoms with Crippen LogP contribution in [0.1, 0.15) is 52.7 Å². The van der Waals surface area contributed by atoms with Crippen molar-refractivity contribution < 1.29 is 4.43 Å². The first kappa shape index (κ1) is 22.9. The average molecular weight is 413 g/mol. The molecule has 0 aromatic heterocycles. The second-order valence-electron chi connectivity index (χ2n) is 10.3. The molecule has 0 amide bonds. The Hall–Kier alpha value is -1.37.